The van der Waals surface area contributed by atoms with Gasteiger partial charge in [0.05, 0.1) is 11.3 Å². The van der Waals surface area contributed by atoms with Crippen LogP contribution in [0.15, 0.2) is 72.9 Å². The average Bonchev–Trinajstić information content (AvgIpc) is 3.44. The lowest BCUT2D eigenvalue weighted by molar-refractivity contribution is -0.118. The molecule has 0 unspecified atom stereocenters. The van der Waals surface area contributed by atoms with Gasteiger partial charge in [-0.2, -0.15) is 0 Å². The molecule has 1 fully saturated rings. The molecule has 1 aliphatic heterocycles. The second kappa shape index (κ2) is 13.2. The first-order chi connectivity index (χ1) is 21.1. The van der Waals surface area contributed by atoms with Gasteiger partial charge in [-0.15, -0.1) is 0 Å². The van der Waals surface area contributed by atoms with Gasteiger partial charge in [0.1, 0.15) is 11.9 Å². The summed E-state index contributed by atoms with van der Waals surface area (Å²) >= 11 is 0. The molecule has 5 N–H and O–H groups in total. The lowest BCUT2D eigenvalue weighted by Crippen LogP contribution is -2.56. The number of carbonyl (C=O) groups is 3. The minimum absolute atomic E-state index is 0.183. The molecule has 5 rings (SSSR count). The molecule has 1 saturated heterocycles. The molecule has 0 spiro atoms. The fourth-order valence-electron chi connectivity index (χ4n) is 5.70. The summed E-state index contributed by atoms with van der Waals surface area (Å²) in [6.07, 6.45) is 1.86. The number of hydrogen-bond donors (Lipinski definition) is 4. The number of rotatable bonds is 9. The molecule has 0 aliphatic carbocycles. The quantitative estimate of drug-likeness (QED) is 0.230. The molecule has 2 atom stereocenters. The second-order valence-corrected chi connectivity index (χ2v) is 11.4. The van der Waals surface area contributed by atoms with E-state index in [2.05, 4.69) is 20.5 Å². The van der Waals surface area contributed by atoms with Crippen LogP contribution in [0.2, 0.25) is 0 Å². The van der Waals surface area contributed by atoms with Gasteiger partial charge in [0.2, 0.25) is 5.91 Å². The molecular formula is C33H38FN7O3. The summed E-state index contributed by atoms with van der Waals surface area (Å²) in [5.41, 5.74) is 9.70. The molecule has 1 aliphatic rings. The molecule has 0 bridgehead atoms. The number of nitrogens with zero attached hydrogens (tertiary/aromatic N) is 3. The molecule has 44 heavy (non-hydrogen) atoms. The summed E-state index contributed by atoms with van der Waals surface area (Å²) in [5.74, 6) is -1.86. The highest BCUT2D eigenvalue weighted by atomic mass is 19.1. The van der Waals surface area contributed by atoms with Crippen LogP contribution in [0.25, 0.3) is 10.9 Å². The summed E-state index contributed by atoms with van der Waals surface area (Å²) in [5, 5.41) is 6.83. The zero-order chi connectivity index (χ0) is 31.4. The van der Waals surface area contributed by atoms with Crippen LogP contribution in [0.5, 0.6) is 0 Å². The zero-order valence-corrected chi connectivity index (χ0v) is 25.1. The molecule has 4 amide bonds. The second-order valence-electron chi connectivity index (χ2n) is 11.4. The third-order valence-electron chi connectivity index (χ3n) is 8.04. The highest BCUT2D eigenvalue weighted by molar-refractivity contribution is 6.05. The van der Waals surface area contributed by atoms with Crippen molar-refractivity contribution in [2.24, 2.45) is 5.73 Å². The number of anilines is 2. The molecule has 2 heterocycles. The maximum Gasteiger partial charge on any atom is 0.318 e. The predicted octanol–water partition coefficient (Wildman–Crippen LogP) is 4.11. The number of halogens is 1. The standard InChI is InChI=1S/C33H38FN7O3/c1-21(27-19-36-28-7-5-4-6-25(27)28)30(32(43)37-29-18-22(20-39(2)3)8-13-26(29)31(35)42)38-33(44)41-16-14-40(15-17-41)24-11-9-23(34)10-12-24/h4-13,18-19,21,30,36H,14-17,20H2,1-3H3,(H2,35,42)(H,37,43)(H,38,44)/t21-,30-/m1/s1. The van der Waals surface area contributed by atoms with E-state index >= 15 is 0 Å². The van der Waals surface area contributed by atoms with Gasteiger partial charge in [0, 0.05) is 61.4 Å². The van der Waals surface area contributed by atoms with E-state index in [0.717, 1.165) is 27.7 Å². The van der Waals surface area contributed by atoms with Crippen LogP contribution in [0.1, 0.15) is 34.3 Å². The van der Waals surface area contributed by atoms with E-state index in [-0.39, 0.29) is 17.4 Å². The minimum atomic E-state index is -0.977. The molecule has 0 saturated carbocycles. The molecule has 4 aromatic rings. The van der Waals surface area contributed by atoms with Gasteiger partial charge >= 0.3 is 6.03 Å². The van der Waals surface area contributed by atoms with Gasteiger partial charge in [0.25, 0.3) is 5.91 Å². The Balaban J connectivity index is 1.38. The minimum Gasteiger partial charge on any atom is -0.368 e. The van der Waals surface area contributed by atoms with Crippen LogP contribution in [-0.2, 0) is 11.3 Å². The number of aromatic nitrogens is 1. The highest BCUT2D eigenvalue weighted by Gasteiger charge is 2.33. The molecule has 0 radical (unpaired) electrons. The Bertz CT molecular complexity index is 1640. The Morgan fingerprint density at radius 1 is 1.00 bits per heavy atom. The number of benzene rings is 3. The number of carbonyl (C=O) groups excluding carboxylic acids is 3. The van der Waals surface area contributed by atoms with Gasteiger partial charge < -0.3 is 36.1 Å². The smallest absolute Gasteiger partial charge is 0.318 e. The van der Waals surface area contributed by atoms with Crippen molar-refractivity contribution in [1.29, 1.82) is 0 Å². The van der Waals surface area contributed by atoms with Gasteiger partial charge in [-0.3, -0.25) is 9.59 Å². The Labute approximate surface area is 256 Å². The van der Waals surface area contributed by atoms with Crippen LogP contribution in [-0.4, -0.2) is 78.9 Å². The van der Waals surface area contributed by atoms with Crippen molar-refractivity contribution in [2.75, 3.05) is 50.5 Å². The lowest BCUT2D eigenvalue weighted by Gasteiger charge is -2.37. The summed E-state index contributed by atoms with van der Waals surface area (Å²) in [4.78, 5) is 48.9. The predicted molar refractivity (Wildman–Crippen MR) is 170 cm³/mol. The van der Waals surface area contributed by atoms with E-state index in [1.54, 1.807) is 35.2 Å². The number of hydrogen-bond acceptors (Lipinski definition) is 5. The number of aromatic amines is 1. The van der Waals surface area contributed by atoms with Crippen LogP contribution >= 0.6 is 0 Å². The monoisotopic (exact) mass is 599 g/mol. The van der Waals surface area contributed by atoms with Crippen molar-refractivity contribution in [3.8, 4) is 0 Å². The van der Waals surface area contributed by atoms with Crippen molar-refractivity contribution in [3.05, 3.63) is 95.4 Å². The summed E-state index contributed by atoms with van der Waals surface area (Å²) in [6.45, 7) is 4.47. The SMILES string of the molecule is C[C@H](c1c[nH]c2ccccc12)[C@@H](NC(=O)N1CCN(c2ccc(F)cc2)CC1)C(=O)Nc1cc(CN(C)C)ccc1C(N)=O. The van der Waals surface area contributed by atoms with Crippen molar-refractivity contribution in [3.63, 3.8) is 0 Å². The Kier molecular flexibility index (Phi) is 9.15. The number of nitrogens with one attached hydrogen (secondary N) is 3. The topological polar surface area (TPSA) is 127 Å². The number of fused-ring (bicyclic) bond motifs is 1. The first kappa shape index (κ1) is 30.6. The summed E-state index contributed by atoms with van der Waals surface area (Å²) in [6, 6.07) is 17.9. The van der Waals surface area contributed by atoms with E-state index in [4.69, 9.17) is 5.73 Å². The third-order valence-corrected chi connectivity index (χ3v) is 8.04. The fraction of sp³-hybridized carbons (Fsp3) is 0.303. The van der Waals surface area contributed by atoms with E-state index in [1.165, 1.54) is 12.1 Å². The van der Waals surface area contributed by atoms with E-state index in [1.807, 2.05) is 56.4 Å². The zero-order valence-electron chi connectivity index (χ0n) is 25.1. The van der Waals surface area contributed by atoms with Crippen molar-refractivity contribution >= 4 is 40.1 Å². The van der Waals surface area contributed by atoms with E-state index in [0.29, 0.717) is 38.4 Å². The van der Waals surface area contributed by atoms with Crippen molar-refractivity contribution < 1.29 is 18.8 Å². The Hall–Kier alpha value is -4.90. The van der Waals surface area contributed by atoms with E-state index in [9.17, 15) is 18.8 Å². The van der Waals surface area contributed by atoms with Crippen LogP contribution < -0.4 is 21.3 Å². The largest absolute Gasteiger partial charge is 0.368 e. The first-order valence-electron chi connectivity index (χ1n) is 14.6. The maximum absolute atomic E-state index is 14.0. The third kappa shape index (κ3) is 6.84. The molecule has 1 aromatic heterocycles. The number of primary amides is 1. The molecule has 3 aromatic carbocycles. The highest BCUT2D eigenvalue weighted by Crippen LogP contribution is 2.29. The molecular weight excluding hydrogens is 561 g/mol. The normalized spacial score (nSPS) is 14.8. The van der Waals surface area contributed by atoms with Crippen molar-refractivity contribution in [1.82, 2.24) is 20.1 Å². The lowest BCUT2D eigenvalue weighted by atomic mass is 9.92. The summed E-state index contributed by atoms with van der Waals surface area (Å²) in [7, 11) is 3.85. The van der Waals surface area contributed by atoms with Gasteiger partial charge in [-0.1, -0.05) is 31.2 Å². The first-order valence-corrected chi connectivity index (χ1v) is 14.6. The van der Waals surface area contributed by atoms with Gasteiger partial charge in [-0.05, 0) is 67.7 Å². The Morgan fingerprint density at radius 3 is 2.39 bits per heavy atom. The molecule has 11 heteroatoms. The molecule has 10 nitrogen and oxygen atoms in total. The average molecular weight is 600 g/mol. The van der Waals surface area contributed by atoms with Crippen LogP contribution in [0.3, 0.4) is 0 Å². The number of nitrogens with two attached hydrogens (primary N) is 1. The van der Waals surface area contributed by atoms with Crippen LogP contribution in [0.4, 0.5) is 20.6 Å². The molecule has 230 valence electrons. The maximum atomic E-state index is 14.0. The number of H-pyrrole nitrogens is 1. The Morgan fingerprint density at radius 2 is 1.70 bits per heavy atom. The van der Waals surface area contributed by atoms with E-state index < -0.39 is 23.8 Å². The number of para-hydroxylation sites is 1. The van der Waals surface area contributed by atoms with Crippen LogP contribution in [0, 0.1) is 5.82 Å². The number of urea groups is 1. The fourth-order valence-corrected chi connectivity index (χ4v) is 5.70. The number of amides is 4. The number of piperazine rings is 1. The summed E-state index contributed by atoms with van der Waals surface area (Å²) < 4.78 is 13.4. The van der Waals surface area contributed by atoms with Gasteiger partial charge in [0.15, 0.2) is 0 Å². The van der Waals surface area contributed by atoms with Crippen molar-refractivity contribution in [2.45, 2.75) is 25.4 Å². The van der Waals surface area contributed by atoms with Gasteiger partial charge in [-0.25, -0.2) is 9.18 Å².